The molecule has 0 aliphatic heterocycles. The second-order valence-corrected chi connectivity index (χ2v) is 4.98. The highest BCUT2D eigenvalue weighted by Gasteiger charge is 2.30. The van der Waals surface area contributed by atoms with Crippen LogP contribution in [0.15, 0.2) is 18.2 Å². The molecule has 0 aromatic heterocycles. The van der Waals surface area contributed by atoms with Gasteiger partial charge in [0, 0.05) is 6.07 Å². The summed E-state index contributed by atoms with van der Waals surface area (Å²) >= 11 is 0. The summed E-state index contributed by atoms with van der Waals surface area (Å²) < 4.78 is 10.6. The third kappa shape index (κ3) is 3.35. The highest BCUT2D eigenvalue weighted by Crippen LogP contribution is 2.31. The predicted molar refractivity (Wildman–Crippen MR) is 70.5 cm³/mol. The zero-order chi connectivity index (χ0) is 13.9. The van der Waals surface area contributed by atoms with Gasteiger partial charge in [-0.1, -0.05) is 12.8 Å². The minimum Gasteiger partial charge on any atom is -0.496 e. The number of non-ortho nitro benzene ring substituents is 1. The third-order valence-electron chi connectivity index (χ3n) is 3.44. The standard InChI is InChI=1S/C13H18N2O4/c1-18-11-6-10(15(16)17)7-12(8-11)19-9-13(14)4-2-3-5-13/h6-8H,2-5,9,14H2,1H3. The van der Waals surface area contributed by atoms with Crippen molar-refractivity contribution in [3.05, 3.63) is 28.3 Å². The summed E-state index contributed by atoms with van der Waals surface area (Å²) in [4.78, 5) is 10.3. The molecule has 1 saturated carbocycles. The largest absolute Gasteiger partial charge is 0.496 e. The van der Waals surface area contributed by atoms with Crippen LogP contribution in [-0.4, -0.2) is 24.2 Å². The van der Waals surface area contributed by atoms with Crippen LogP contribution in [0.2, 0.25) is 0 Å². The number of hydrogen-bond donors (Lipinski definition) is 1. The zero-order valence-electron chi connectivity index (χ0n) is 10.9. The van der Waals surface area contributed by atoms with Gasteiger partial charge >= 0.3 is 0 Å². The Hall–Kier alpha value is -1.82. The quantitative estimate of drug-likeness (QED) is 0.652. The number of benzene rings is 1. The Kier molecular flexibility index (Phi) is 3.90. The fraction of sp³-hybridized carbons (Fsp3) is 0.538. The summed E-state index contributed by atoms with van der Waals surface area (Å²) in [6.45, 7) is 0.372. The first-order chi connectivity index (χ1) is 9.02. The number of methoxy groups -OCH3 is 1. The first-order valence-electron chi connectivity index (χ1n) is 6.28. The normalized spacial score (nSPS) is 17.2. The van der Waals surface area contributed by atoms with Crippen molar-refractivity contribution in [1.82, 2.24) is 0 Å². The molecule has 0 heterocycles. The minimum atomic E-state index is -0.469. The van der Waals surface area contributed by atoms with Gasteiger partial charge in [-0.25, -0.2) is 0 Å². The first kappa shape index (κ1) is 13.6. The lowest BCUT2D eigenvalue weighted by molar-refractivity contribution is -0.385. The maximum atomic E-state index is 10.8. The number of nitro groups is 1. The van der Waals surface area contributed by atoms with Crippen LogP contribution in [0.1, 0.15) is 25.7 Å². The maximum Gasteiger partial charge on any atom is 0.276 e. The van der Waals surface area contributed by atoms with E-state index in [-0.39, 0.29) is 11.2 Å². The van der Waals surface area contributed by atoms with Crippen molar-refractivity contribution in [2.45, 2.75) is 31.2 Å². The summed E-state index contributed by atoms with van der Waals surface area (Å²) in [5.74, 6) is 0.824. The van der Waals surface area contributed by atoms with Crippen molar-refractivity contribution < 1.29 is 14.4 Å². The van der Waals surface area contributed by atoms with Crippen molar-refractivity contribution in [3.63, 3.8) is 0 Å². The molecule has 1 aliphatic rings. The van der Waals surface area contributed by atoms with E-state index in [0.29, 0.717) is 18.1 Å². The van der Waals surface area contributed by atoms with E-state index in [1.165, 1.54) is 19.2 Å². The molecule has 2 rings (SSSR count). The molecule has 2 N–H and O–H groups in total. The Morgan fingerprint density at radius 2 is 1.95 bits per heavy atom. The lowest BCUT2D eigenvalue weighted by Crippen LogP contribution is -2.42. The molecule has 6 heteroatoms. The van der Waals surface area contributed by atoms with Crippen LogP contribution in [-0.2, 0) is 0 Å². The van der Waals surface area contributed by atoms with Gasteiger partial charge in [-0.15, -0.1) is 0 Å². The van der Waals surface area contributed by atoms with Gasteiger partial charge in [-0.3, -0.25) is 10.1 Å². The molecule has 0 amide bonds. The number of hydrogen-bond acceptors (Lipinski definition) is 5. The van der Waals surface area contributed by atoms with Gasteiger partial charge in [0.2, 0.25) is 0 Å². The predicted octanol–water partition coefficient (Wildman–Crippen LogP) is 2.25. The monoisotopic (exact) mass is 266 g/mol. The van der Waals surface area contributed by atoms with Gasteiger partial charge in [0.05, 0.1) is 29.7 Å². The molecular formula is C13H18N2O4. The maximum absolute atomic E-state index is 10.8. The molecule has 19 heavy (non-hydrogen) atoms. The van der Waals surface area contributed by atoms with Crippen LogP contribution in [0.3, 0.4) is 0 Å². The Morgan fingerprint density at radius 1 is 1.32 bits per heavy atom. The van der Waals surface area contributed by atoms with E-state index in [1.807, 2.05) is 0 Å². The van der Waals surface area contributed by atoms with Crippen LogP contribution >= 0.6 is 0 Å². The third-order valence-corrected chi connectivity index (χ3v) is 3.44. The van der Waals surface area contributed by atoms with Gasteiger partial charge in [-0.2, -0.15) is 0 Å². The summed E-state index contributed by atoms with van der Waals surface area (Å²) in [5.41, 5.74) is 5.83. The van der Waals surface area contributed by atoms with E-state index in [2.05, 4.69) is 0 Å². The Labute approximate surface area is 111 Å². The minimum absolute atomic E-state index is 0.0492. The number of ether oxygens (including phenoxy) is 2. The molecule has 0 saturated heterocycles. The Morgan fingerprint density at radius 3 is 2.53 bits per heavy atom. The van der Waals surface area contributed by atoms with Gasteiger partial charge < -0.3 is 15.2 Å². The highest BCUT2D eigenvalue weighted by atomic mass is 16.6. The van der Waals surface area contributed by atoms with Crippen LogP contribution in [0.4, 0.5) is 5.69 Å². The van der Waals surface area contributed by atoms with Gasteiger partial charge in [0.25, 0.3) is 5.69 Å². The van der Waals surface area contributed by atoms with Crippen molar-refractivity contribution in [1.29, 1.82) is 0 Å². The van der Waals surface area contributed by atoms with Gasteiger partial charge in [-0.05, 0) is 12.8 Å². The zero-order valence-corrected chi connectivity index (χ0v) is 10.9. The molecule has 0 bridgehead atoms. The van der Waals surface area contributed by atoms with E-state index in [9.17, 15) is 10.1 Å². The van der Waals surface area contributed by atoms with Crippen LogP contribution in [0.25, 0.3) is 0 Å². The highest BCUT2D eigenvalue weighted by molar-refractivity contribution is 5.46. The fourth-order valence-electron chi connectivity index (χ4n) is 2.31. The summed E-state index contributed by atoms with van der Waals surface area (Å²) in [5, 5.41) is 10.8. The average molecular weight is 266 g/mol. The van der Waals surface area contributed by atoms with Crippen molar-refractivity contribution >= 4 is 5.69 Å². The second kappa shape index (κ2) is 5.44. The summed E-state index contributed by atoms with van der Waals surface area (Å²) in [6.07, 6.45) is 4.08. The molecule has 1 aromatic rings. The second-order valence-electron chi connectivity index (χ2n) is 4.98. The van der Waals surface area contributed by atoms with Crippen LogP contribution in [0, 0.1) is 10.1 Å². The molecule has 0 radical (unpaired) electrons. The fourth-order valence-corrected chi connectivity index (χ4v) is 2.31. The number of rotatable bonds is 5. The lowest BCUT2D eigenvalue weighted by Gasteiger charge is -2.23. The van der Waals surface area contributed by atoms with E-state index < -0.39 is 4.92 Å². The molecule has 1 aromatic carbocycles. The Balaban J connectivity index is 2.10. The van der Waals surface area contributed by atoms with Crippen LogP contribution < -0.4 is 15.2 Å². The molecule has 0 atom stereocenters. The van der Waals surface area contributed by atoms with Crippen LogP contribution in [0.5, 0.6) is 11.5 Å². The van der Waals surface area contributed by atoms with E-state index in [1.54, 1.807) is 6.07 Å². The summed E-state index contributed by atoms with van der Waals surface area (Å²) in [7, 11) is 1.46. The van der Waals surface area contributed by atoms with Gasteiger partial charge in [0.1, 0.15) is 18.1 Å². The molecule has 1 aliphatic carbocycles. The molecule has 0 spiro atoms. The molecular weight excluding hydrogens is 248 g/mol. The lowest BCUT2D eigenvalue weighted by atomic mass is 10.0. The van der Waals surface area contributed by atoms with Gasteiger partial charge in [0.15, 0.2) is 0 Å². The van der Waals surface area contributed by atoms with E-state index >= 15 is 0 Å². The first-order valence-corrected chi connectivity index (χ1v) is 6.28. The molecule has 1 fully saturated rings. The van der Waals surface area contributed by atoms with Crippen molar-refractivity contribution in [3.8, 4) is 11.5 Å². The van der Waals surface area contributed by atoms with E-state index in [0.717, 1.165) is 25.7 Å². The van der Waals surface area contributed by atoms with Crippen molar-refractivity contribution in [2.75, 3.05) is 13.7 Å². The summed E-state index contributed by atoms with van der Waals surface area (Å²) in [6, 6.07) is 4.38. The smallest absolute Gasteiger partial charge is 0.276 e. The SMILES string of the molecule is COc1cc(OCC2(N)CCCC2)cc([N+](=O)[O-])c1. The Bertz CT molecular complexity index is 470. The van der Waals surface area contributed by atoms with Crippen molar-refractivity contribution in [2.24, 2.45) is 5.73 Å². The molecule has 104 valence electrons. The number of nitro benzene ring substituents is 1. The molecule has 0 unspecified atom stereocenters. The number of nitrogens with zero attached hydrogens (tertiary/aromatic N) is 1. The average Bonchev–Trinajstić information content (AvgIpc) is 2.83. The topological polar surface area (TPSA) is 87.6 Å². The number of nitrogens with two attached hydrogens (primary N) is 1. The molecule has 6 nitrogen and oxygen atoms in total. The van der Waals surface area contributed by atoms with E-state index in [4.69, 9.17) is 15.2 Å².